The Bertz CT molecular complexity index is 871. The molecule has 1 heterocycles. The summed E-state index contributed by atoms with van der Waals surface area (Å²) in [5.41, 5.74) is 4.50. The summed E-state index contributed by atoms with van der Waals surface area (Å²) in [5, 5.41) is 11.5. The molecule has 6 heteroatoms. The zero-order valence-corrected chi connectivity index (χ0v) is 14.2. The Balaban J connectivity index is 1.69. The Morgan fingerprint density at radius 2 is 1.88 bits per heavy atom. The topological polar surface area (TPSA) is 59.8 Å². The highest BCUT2D eigenvalue weighted by atomic mass is 35.5. The molecule has 2 aromatic carbocycles. The third-order valence-corrected chi connectivity index (χ3v) is 4.10. The van der Waals surface area contributed by atoms with E-state index in [1.807, 2.05) is 37.3 Å². The van der Waals surface area contributed by atoms with Gasteiger partial charge in [-0.1, -0.05) is 35.0 Å². The molecule has 0 saturated carbocycles. The number of aryl methyl sites for hydroxylation is 2. The van der Waals surface area contributed by atoms with Crippen LogP contribution in [0.15, 0.2) is 48.7 Å². The third-order valence-electron chi connectivity index (χ3n) is 3.85. The first kappa shape index (κ1) is 16.2. The molecule has 0 atom stereocenters. The van der Waals surface area contributed by atoms with Crippen molar-refractivity contribution in [2.45, 2.75) is 20.4 Å². The molecule has 3 aromatic rings. The Labute approximate surface area is 145 Å². The number of amides is 1. The Hall–Kier alpha value is -2.66. The number of benzene rings is 2. The van der Waals surface area contributed by atoms with Gasteiger partial charge >= 0.3 is 0 Å². The normalized spacial score (nSPS) is 10.6. The minimum atomic E-state index is -0.264. The molecule has 1 aromatic heterocycles. The maximum Gasteiger partial charge on any atom is 0.273 e. The van der Waals surface area contributed by atoms with Gasteiger partial charge < -0.3 is 5.32 Å². The van der Waals surface area contributed by atoms with E-state index in [1.165, 1.54) is 5.56 Å². The maximum atomic E-state index is 12.2. The lowest BCUT2D eigenvalue weighted by Gasteiger charge is -2.04. The molecule has 0 saturated heterocycles. The fourth-order valence-corrected chi connectivity index (χ4v) is 2.36. The summed E-state index contributed by atoms with van der Waals surface area (Å²) in [6, 6.07) is 13.3. The van der Waals surface area contributed by atoms with Crippen LogP contribution < -0.4 is 5.32 Å². The number of aromatic nitrogens is 3. The lowest BCUT2D eigenvalue weighted by Crippen LogP contribution is -2.23. The van der Waals surface area contributed by atoms with Crippen LogP contribution in [0, 0.1) is 13.8 Å². The fourth-order valence-electron chi connectivity index (χ4n) is 2.24. The highest BCUT2D eigenvalue weighted by Crippen LogP contribution is 2.13. The molecule has 0 aliphatic carbocycles. The van der Waals surface area contributed by atoms with Crippen LogP contribution in [0.5, 0.6) is 0 Å². The van der Waals surface area contributed by atoms with Crippen molar-refractivity contribution in [1.29, 1.82) is 0 Å². The zero-order valence-electron chi connectivity index (χ0n) is 13.5. The lowest BCUT2D eigenvalue weighted by molar-refractivity contribution is 0.0946. The monoisotopic (exact) mass is 340 g/mol. The largest absolute Gasteiger partial charge is 0.347 e. The first-order valence-electron chi connectivity index (χ1n) is 7.55. The number of hydrogen-bond donors (Lipinski definition) is 1. The zero-order chi connectivity index (χ0) is 17.1. The van der Waals surface area contributed by atoms with Crippen molar-refractivity contribution in [2.24, 2.45) is 0 Å². The van der Waals surface area contributed by atoms with Crippen LogP contribution in [0.25, 0.3) is 5.69 Å². The molecule has 122 valence electrons. The number of nitrogens with zero attached hydrogens (tertiary/aromatic N) is 3. The molecule has 0 spiro atoms. The van der Waals surface area contributed by atoms with Gasteiger partial charge in [0.25, 0.3) is 5.91 Å². The quantitative estimate of drug-likeness (QED) is 0.791. The average molecular weight is 341 g/mol. The molecular weight excluding hydrogens is 324 g/mol. The van der Waals surface area contributed by atoms with E-state index in [0.29, 0.717) is 11.6 Å². The molecule has 0 bridgehead atoms. The van der Waals surface area contributed by atoms with Crippen LogP contribution in [-0.2, 0) is 6.54 Å². The van der Waals surface area contributed by atoms with Gasteiger partial charge in [-0.15, -0.1) is 5.10 Å². The summed E-state index contributed by atoms with van der Waals surface area (Å²) in [5.74, 6) is -0.264. The van der Waals surface area contributed by atoms with E-state index >= 15 is 0 Å². The molecule has 0 radical (unpaired) electrons. The van der Waals surface area contributed by atoms with Gasteiger partial charge in [0.15, 0.2) is 5.69 Å². The molecule has 1 amide bonds. The van der Waals surface area contributed by atoms with Crippen LogP contribution in [0.3, 0.4) is 0 Å². The maximum absolute atomic E-state index is 12.2. The average Bonchev–Trinajstić information content (AvgIpc) is 3.07. The smallest absolute Gasteiger partial charge is 0.273 e. The van der Waals surface area contributed by atoms with E-state index in [4.69, 9.17) is 11.6 Å². The summed E-state index contributed by atoms with van der Waals surface area (Å²) in [6.07, 6.45) is 1.63. The van der Waals surface area contributed by atoms with E-state index in [-0.39, 0.29) is 11.6 Å². The van der Waals surface area contributed by atoms with Gasteiger partial charge in [-0.3, -0.25) is 4.79 Å². The van der Waals surface area contributed by atoms with Crippen LogP contribution in [0.1, 0.15) is 27.2 Å². The number of carbonyl (C=O) groups is 1. The second-order valence-corrected chi connectivity index (χ2v) is 6.06. The molecular formula is C18H17ClN4O. The van der Waals surface area contributed by atoms with Crippen molar-refractivity contribution < 1.29 is 4.79 Å². The number of halogens is 1. The molecule has 0 unspecified atom stereocenters. The van der Waals surface area contributed by atoms with Crippen LogP contribution in [-0.4, -0.2) is 20.9 Å². The van der Waals surface area contributed by atoms with E-state index < -0.39 is 0 Å². The Kier molecular flexibility index (Phi) is 4.62. The first-order chi connectivity index (χ1) is 11.5. The second-order valence-electron chi connectivity index (χ2n) is 5.63. The van der Waals surface area contributed by atoms with Gasteiger partial charge in [-0.25, -0.2) is 4.68 Å². The van der Waals surface area contributed by atoms with Gasteiger partial charge in [0, 0.05) is 11.6 Å². The van der Waals surface area contributed by atoms with Gasteiger partial charge in [0.2, 0.25) is 0 Å². The fraction of sp³-hybridized carbons (Fsp3) is 0.167. The van der Waals surface area contributed by atoms with Gasteiger partial charge in [-0.2, -0.15) is 0 Å². The lowest BCUT2D eigenvalue weighted by atomic mass is 10.1. The minimum absolute atomic E-state index is 0.264. The Morgan fingerprint density at radius 1 is 1.12 bits per heavy atom. The predicted molar refractivity (Wildman–Crippen MR) is 93.5 cm³/mol. The number of carbonyl (C=O) groups excluding carboxylic acids is 1. The predicted octanol–water partition coefficient (Wildman–Crippen LogP) is 3.47. The molecule has 1 N–H and O–H groups in total. The molecule has 0 fully saturated rings. The SMILES string of the molecule is Cc1ccc(-n2cc(C(=O)NCc3ccc(Cl)cc3)nn2)cc1C. The standard InChI is InChI=1S/C18H17ClN4O/c1-12-3-8-16(9-13(12)2)23-11-17(21-22-23)18(24)20-10-14-4-6-15(19)7-5-14/h3-9,11H,10H2,1-2H3,(H,20,24). The number of hydrogen-bond acceptors (Lipinski definition) is 3. The molecule has 5 nitrogen and oxygen atoms in total. The van der Waals surface area contributed by atoms with E-state index in [1.54, 1.807) is 23.0 Å². The molecule has 0 aliphatic rings. The van der Waals surface area contributed by atoms with Crippen molar-refractivity contribution in [3.05, 3.63) is 76.1 Å². The van der Waals surface area contributed by atoms with Crippen LogP contribution >= 0.6 is 11.6 Å². The Morgan fingerprint density at radius 3 is 2.58 bits per heavy atom. The summed E-state index contributed by atoms with van der Waals surface area (Å²) in [6.45, 7) is 4.50. The second kappa shape index (κ2) is 6.84. The van der Waals surface area contributed by atoms with Crippen molar-refractivity contribution >= 4 is 17.5 Å². The molecule has 3 rings (SSSR count). The number of rotatable bonds is 4. The summed E-state index contributed by atoms with van der Waals surface area (Å²) in [7, 11) is 0. The van der Waals surface area contributed by atoms with Crippen LogP contribution in [0.2, 0.25) is 5.02 Å². The minimum Gasteiger partial charge on any atom is -0.347 e. The summed E-state index contributed by atoms with van der Waals surface area (Å²) >= 11 is 5.84. The van der Waals surface area contributed by atoms with Crippen molar-refractivity contribution in [2.75, 3.05) is 0 Å². The highest BCUT2D eigenvalue weighted by Gasteiger charge is 2.11. The number of nitrogens with one attached hydrogen (secondary N) is 1. The van der Waals surface area contributed by atoms with Crippen molar-refractivity contribution in [3.63, 3.8) is 0 Å². The van der Waals surface area contributed by atoms with Crippen LogP contribution in [0.4, 0.5) is 0 Å². The van der Waals surface area contributed by atoms with E-state index in [0.717, 1.165) is 16.8 Å². The van der Waals surface area contributed by atoms with Gasteiger partial charge in [0.05, 0.1) is 11.9 Å². The third kappa shape index (κ3) is 3.63. The van der Waals surface area contributed by atoms with Crippen molar-refractivity contribution in [1.82, 2.24) is 20.3 Å². The molecule has 0 aliphatic heterocycles. The molecule has 24 heavy (non-hydrogen) atoms. The summed E-state index contributed by atoms with van der Waals surface area (Å²) < 4.78 is 1.60. The first-order valence-corrected chi connectivity index (χ1v) is 7.93. The van der Waals surface area contributed by atoms with E-state index in [2.05, 4.69) is 22.6 Å². The summed E-state index contributed by atoms with van der Waals surface area (Å²) in [4.78, 5) is 12.2. The van der Waals surface area contributed by atoms with Gasteiger partial charge in [0.1, 0.15) is 0 Å². The van der Waals surface area contributed by atoms with E-state index in [9.17, 15) is 4.79 Å². The highest BCUT2D eigenvalue weighted by molar-refractivity contribution is 6.30. The van der Waals surface area contributed by atoms with Crippen molar-refractivity contribution in [3.8, 4) is 5.69 Å². The van der Waals surface area contributed by atoms with Gasteiger partial charge in [-0.05, 0) is 54.8 Å².